The van der Waals surface area contributed by atoms with Crippen LogP contribution in [0, 0.1) is 5.92 Å². The lowest BCUT2D eigenvalue weighted by atomic mass is 9.77. The summed E-state index contributed by atoms with van der Waals surface area (Å²) >= 11 is 6.58. The normalized spacial score (nSPS) is 27.2. The zero-order valence-electron chi connectivity index (χ0n) is 18.5. The molecule has 3 unspecified atom stereocenters. The number of carbonyl (C=O) groups excluding carboxylic acids is 1. The molecule has 1 heterocycles. The van der Waals surface area contributed by atoms with Gasteiger partial charge < -0.3 is 11.1 Å². The van der Waals surface area contributed by atoms with Gasteiger partial charge in [-0.2, -0.15) is 4.31 Å². The van der Waals surface area contributed by atoms with Gasteiger partial charge in [0.2, 0.25) is 10.0 Å². The average Bonchev–Trinajstić information content (AvgIpc) is 2.73. The van der Waals surface area contributed by atoms with Gasteiger partial charge in [-0.25, -0.2) is 8.42 Å². The highest BCUT2D eigenvalue weighted by Crippen LogP contribution is 2.38. The molecule has 1 aromatic rings. The molecule has 174 valence electrons. The Kier molecular flexibility index (Phi) is 8.02. The molecule has 2 fully saturated rings. The van der Waals surface area contributed by atoms with Crippen LogP contribution in [0.25, 0.3) is 0 Å². The van der Waals surface area contributed by atoms with Crippen LogP contribution in [-0.2, 0) is 10.0 Å². The molecular formula is C22H35ClN4O3S. The number of piperazine rings is 1. The van der Waals surface area contributed by atoms with Crippen molar-refractivity contribution in [2.45, 2.75) is 56.6 Å². The predicted octanol–water partition coefficient (Wildman–Crippen LogP) is 2.22. The van der Waals surface area contributed by atoms with E-state index < -0.39 is 21.7 Å². The van der Waals surface area contributed by atoms with Gasteiger partial charge in [0.1, 0.15) is 0 Å². The summed E-state index contributed by atoms with van der Waals surface area (Å²) in [6, 6.07) is 9.03. The van der Waals surface area contributed by atoms with E-state index in [1.165, 1.54) is 0 Å². The maximum atomic E-state index is 12.8. The van der Waals surface area contributed by atoms with E-state index in [2.05, 4.69) is 10.2 Å². The first-order chi connectivity index (χ1) is 14.6. The topological polar surface area (TPSA) is 95.7 Å². The van der Waals surface area contributed by atoms with Gasteiger partial charge in [0.25, 0.3) is 5.91 Å². The third-order valence-corrected chi connectivity index (χ3v) is 9.02. The van der Waals surface area contributed by atoms with E-state index in [-0.39, 0.29) is 23.0 Å². The standard InChI is InChI=1S/C22H35ClN4O3S/c1-17(2)16-31(29,30)27-13-11-26(12-14-27)22(10-6-9-19(23)15-22)21(24)25-20(28)18-7-4-3-5-8-18/h3-5,7-8,17,19,21H,6,9-16,24H2,1-2H3,(H,25,28). The first kappa shape index (κ1) is 24.5. The zero-order chi connectivity index (χ0) is 22.6. The minimum atomic E-state index is -3.26. The van der Waals surface area contributed by atoms with Crippen molar-refractivity contribution >= 4 is 27.5 Å². The van der Waals surface area contributed by atoms with Crippen molar-refractivity contribution in [1.82, 2.24) is 14.5 Å². The van der Waals surface area contributed by atoms with Crippen LogP contribution < -0.4 is 11.1 Å². The molecule has 0 radical (unpaired) electrons. The van der Waals surface area contributed by atoms with Crippen LogP contribution in [-0.4, -0.2) is 72.5 Å². The monoisotopic (exact) mass is 470 g/mol. The van der Waals surface area contributed by atoms with Crippen LogP contribution in [0.5, 0.6) is 0 Å². The molecule has 9 heteroatoms. The van der Waals surface area contributed by atoms with Crippen molar-refractivity contribution in [1.29, 1.82) is 0 Å². The fraction of sp³-hybridized carbons (Fsp3) is 0.682. The first-order valence-electron chi connectivity index (χ1n) is 11.1. The van der Waals surface area contributed by atoms with Gasteiger partial charge in [-0.1, -0.05) is 38.5 Å². The molecule has 1 aromatic carbocycles. The van der Waals surface area contributed by atoms with Crippen molar-refractivity contribution in [3.05, 3.63) is 35.9 Å². The number of rotatable bonds is 7. The number of nitrogens with zero attached hydrogens (tertiary/aromatic N) is 2. The number of halogens is 1. The van der Waals surface area contributed by atoms with Gasteiger partial charge in [0.15, 0.2) is 0 Å². The number of hydrogen-bond acceptors (Lipinski definition) is 5. The molecule has 2 aliphatic rings. The van der Waals surface area contributed by atoms with Gasteiger partial charge in [-0.3, -0.25) is 9.69 Å². The minimum absolute atomic E-state index is 0.0175. The number of sulfonamides is 1. The number of nitrogens with one attached hydrogen (secondary N) is 1. The van der Waals surface area contributed by atoms with E-state index in [4.69, 9.17) is 17.3 Å². The Morgan fingerprint density at radius 1 is 1.23 bits per heavy atom. The van der Waals surface area contributed by atoms with Gasteiger partial charge >= 0.3 is 0 Å². The quantitative estimate of drug-likeness (QED) is 0.470. The SMILES string of the molecule is CC(C)CS(=O)(=O)N1CCN(C2(C(N)NC(=O)c3ccccc3)CCCC(Cl)C2)CC1. The van der Waals surface area contributed by atoms with Crippen molar-refractivity contribution < 1.29 is 13.2 Å². The summed E-state index contributed by atoms with van der Waals surface area (Å²) in [4.78, 5) is 15.0. The molecule has 0 bridgehead atoms. The molecule has 3 N–H and O–H groups in total. The molecule has 7 nitrogen and oxygen atoms in total. The third kappa shape index (κ3) is 5.79. The largest absolute Gasteiger partial charge is 0.335 e. The lowest BCUT2D eigenvalue weighted by Crippen LogP contribution is -2.70. The van der Waals surface area contributed by atoms with Crippen LogP contribution in [0.15, 0.2) is 30.3 Å². The second-order valence-corrected chi connectivity index (χ2v) is 11.8. The first-order valence-corrected chi connectivity index (χ1v) is 13.2. The second-order valence-electron chi connectivity index (χ2n) is 9.17. The number of nitrogens with two attached hydrogens (primary N) is 1. The van der Waals surface area contributed by atoms with Gasteiger partial charge in [-0.15, -0.1) is 11.6 Å². The predicted molar refractivity (Wildman–Crippen MR) is 124 cm³/mol. The maximum absolute atomic E-state index is 12.8. The number of amides is 1. The summed E-state index contributed by atoms with van der Waals surface area (Å²) in [5.74, 6) is 0.0443. The Labute approximate surface area is 191 Å². The molecule has 31 heavy (non-hydrogen) atoms. The van der Waals surface area contributed by atoms with Gasteiger partial charge in [-0.05, 0) is 37.3 Å². The molecule has 1 saturated heterocycles. The van der Waals surface area contributed by atoms with Crippen molar-refractivity contribution in [2.75, 3.05) is 31.9 Å². The summed E-state index contributed by atoms with van der Waals surface area (Å²) in [5.41, 5.74) is 6.72. The summed E-state index contributed by atoms with van der Waals surface area (Å²) < 4.78 is 26.9. The van der Waals surface area contributed by atoms with Gasteiger partial charge in [0, 0.05) is 37.1 Å². The Morgan fingerprint density at radius 3 is 2.45 bits per heavy atom. The molecule has 0 spiro atoms. The Bertz CT molecular complexity index is 844. The van der Waals surface area contributed by atoms with Crippen LogP contribution in [0.4, 0.5) is 0 Å². The highest BCUT2D eigenvalue weighted by Gasteiger charge is 2.47. The van der Waals surface area contributed by atoms with Crippen LogP contribution in [0.1, 0.15) is 49.9 Å². The summed E-state index contributed by atoms with van der Waals surface area (Å²) in [6.07, 6.45) is 2.75. The molecule has 0 aromatic heterocycles. The van der Waals surface area contributed by atoms with E-state index >= 15 is 0 Å². The zero-order valence-corrected chi connectivity index (χ0v) is 20.0. The van der Waals surface area contributed by atoms with E-state index in [9.17, 15) is 13.2 Å². The minimum Gasteiger partial charge on any atom is -0.335 e. The molecule has 3 rings (SSSR count). The van der Waals surface area contributed by atoms with Crippen LogP contribution in [0.3, 0.4) is 0 Å². The Morgan fingerprint density at radius 2 is 1.87 bits per heavy atom. The summed E-state index contributed by atoms with van der Waals surface area (Å²) in [7, 11) is -3.26. The number of alkyl halides is 1. The highest BCUT2D eigenvalue weighted by molar-refractivity contribution is 7.89. The van der Waals surface area contributed by atoms with E-state index in [1.807, 2.05) is 32.0 Å². The van der Waals surface area contributed by atoms with Crippen molar-refractivity contribution in [3.8, 4) is 0 Å². The lowest BCUT2D eigenvalue weighted by molar-refractivity contribution is -0.00124. The fourth-order valence-electron chi connectivity index (χ4n) is 4.87. The molecule has 1 saturated carbocycles. The van der Waals surface area contributed by atoms with E-state index in [0.29, 0.717) is 38.2 Å². The number of hydrogen-bond donors (Lipinski definition) is 2. The summed E-state index contributed by atoms with van der Waals surface area (Å²) in [6.45, 7) is 5.86. The molecule has 1 aliphatic heterocycles. The molecule has 3 atom stereocenters. The van der Waals surface area contributed by atoms with E-state index in [0.717, 1.165) is 19.3 Å². The average molecular weight is 471 g/mol. The van der Waals surface area contributed by atoms with Crippen LogP contribution >= 0.6 is 11.6 Å². The maximum Gasteiger partial charge on any atom is 0.252 e. The molecule has 1 amide bonds. The summed E-state index contributed by atoms with van der Waals surface area (Å²) in [5, 5.41) is 2.98. The Balaban J connectivity index is 1.74. The smallest absolute Gasteiger partial charge is 0.252 e. The second kappa shape index (κ2) is 10.2. The van der Waals surface area contributed by atoms with Gasteiger partial charge in [0.05, 0.1) is 17.5 Å². The number of carbonyl (C=O) groups is 1. The Hall–Kier alpha value is -1.19. The number of benzene rings is 1. The van der Waals surface area contributed by atoms with Crippen molar-refractivity contribution in [3.63, 3.8) is 0 Å². The third-order valence-electron chi connectivity index (χ3n) is 6.41. The van der Waals surface area contributed by atoms with E-state index in [1.54, 1.807) is 16.4 Å². The molecular weight excluding hydrogens is 436 g/mol. The van der Waals surface area contributed by atoms with Crippen LogP contribution in [0.2, 0.25) is 0 Å². The fourth-order valence-corrected chi connectivity index (χ4v) is 7.06. The lowest BCUT2D eigenvalue weighted by Gasteiger charge is -2.53. The van der Waals surface area contributed by atoms with Crippen molar-refractivity contribution in [2.24, 2.45) is 11.7 Å². The molecule has 1 aliphatic carbocycles. The highest BCUT2D eigenvalue weighted by atomic mass is 35.5.